The molecule has 0 saturated heterocycles. The molecule has 4 nitrogen and oxygen atoms in total. The molecular formula is C13H29N3O. The van der Waals surface area contributed by atoms with E-state index in [2.05, 4.69) is 36.4 Å². The standard InChI is InChI=1S/C13H29N3O/c1-7-13(17,8-2)10-15-11(14-9-3)16-12(4,5)6/h17H,7-10H2,1-6H3,(H2,14,15,16). The second kappa shape index (κ2) is 6.84. The average Bonchev–Trinajstić information content (AvgIpc) is 2.24. The van der Waals surface area contributed by atoms with E-state index in [1.165, 1.54) is 0 Å². The van der Waals surface area contributed by atoms with Crippen LogP contribution in [0.1, 0.15) is 54.4 Å². The minimum absolute atomic E-state index is 0.0302. The van der Waals surface area contributed by atoms with Gasteiger partial charge in [-0.2, -0.15) is 0 Å². The van der Waals surface area contributed by atoms with Gasteiger partial charge in [0.05, 0.1) is 12.1 Å². The van der Waals surface area contributed by atoms with Crippen molar-refractivity contribution in [1.29, 1.82) is 0 Å². The number of hydrogen-bond donors (Lipinski definition) is 3. The fourth-order valence-corrected chi connectivity index (χ4v) is 1.36. The zero-order valence-corrected chi connectivity index (χ0v) is 12.2. The Morgan fingerprint density at radius 2 is 1.65 bits per heavy atom. The van der Waals surface area contributed by atoms with Crippen LogP contribution < -0.4 is 10.6 Å². The highest BCUT2D eigenvalue weighted by Gasteiger charge is 2.22. The number of aliphatic hydroxyl groups is 1. The molecule has 4 heteroatoms. The normalized spacial score (nSPS) is 13.7. The highest BCUT2D eigenvalue weighted by Crippen LogP contribution is 2.14. The van der Waals surface area contributed by atoms with Crippen LogP contribution in [0.3, 0.4) is 0 Å². The van der Waals surface area contributed by atoms with Gasteiger partial charge in [-0.3, -0.25) is 4.99 Å². The Morgan fingerprint density at radius 3 is 2.00 bits per heavy atom. The summed E-state index contributed by atoms with van der Waals surface area (Å²) in [4.78, 5) is 4.46. The topological polar surface area (TPSA) is 56.7 Å². The van der Waals surface area contributed by atoms with Gasteiger partial charge >= 0.3 is 0 Å². The molecule has 3 N–H and O–H groups in total. The fourth-order valence-electron chi connectivity index (χ4n) is 1.36. The number of rotatable bonds is 5. The molecule has 0 rings (SSSR count). The summed E-state index contributed by atoms with van der Waals surface area (Å²) < 4.78 is 0. The van der Waals surface area contributed by atoms with Gasteiger partial charge in [0.2, 0.25) is 0 Å². The van der Waals surface area contributed by atoms with Gasteiger partial charge in [-0.05, 0) is 40.5 Å². The summed E-state index contributed by atoms with van der Waals surface area (Å²) in [7, 11) is 0. The van der Waals surface area contributed by atoms with Gasteiger partial charge in [-0.25, -0.2) is 0 Å². The van der Waals surface area contributed by atoms with E-state index in [1.54, 1.807) is 0 Å². The summed E-state index contributed by atoms with van der Waals surface area (Å²) >= 11 is 0. The monoisotopic (exact) mass is 243 g/mol. The van der Waals surface area contributed by atoms with E-state index < -0.39 is 5.60 Å². The molecule has 0 fully saturated rings. The smallest absolute Gasteiger partial charge is 0.191 e. The van der Waals surface area contributed by atoms with Crippen LogP contribution in [0.2, 0.25) is 0 Å². The molecule has 102 valence electrons. The minimum atomic E-state index is -0.680. The van der Waals surface area contributed by atoms with E-state index in [4.69, 9.17) is 0 Å². The first-order valence-electron chi connectivity index (χ1n) is 6.55. The Kier molecular flexibility index (Phi) is 6.53. The van der Waals surface area contributed by atoms with Crippen molar-refractivity contribution in [2.24, 2.45) is 4.99 Å². The van der Waals surface area contributed by atoms with E-state index in [9.17, 15) is 5.11 Å². The molecule has 0 aromatic carbocycles. The van der Waals surface area contributed by atoms with Crippen molar-refractivity contribution >= 4 is 5.96 Å². The molecule has 0 atom stereocenters. The van der Waals surface area contributed by atoms with Crippen LogP contribution >= 0.6 is 0 Å². The lowest BCUT2D eigenvalue weighted by Crippen LogP contribution is -2.48. The lowest BCUT2D eigenvalue weighted by Gasteiger charge is -2.26. The molecule has 0 bridgehead atoms. The number of nitrogens with one attached hydrogen (secondary N) is 2. The lowest BCUT2D eigenvalue weighted by molar-refractivity contribution is 0.0417. The Labute approximate surface area is 106 Å². The molecule has 0 amide bonds. The number of guanidine groups is 1. The third-order valence-electron chi connectivity index (χ3n) is 2.69. The maximum absolute atomic E-state index is 10.2. The molecular weight excluding hydrogens is 214 g/mol. The lowest BCUT2D eigenvalue weighted by atomic mass is 9.98. The first-order chi connectivity index (χ1) is 7.76. The second-order valence-corrected chi connectivity index (χ2v) is 5.50. The van der Waals surface area contributed by atoms with Crippen molar-refractivity contribution in [3.05, 3.63) is 0 Å². The summed E-state index contributed by atoms with van der Waals surface area (Å²) in [6.07, 6.45) is 1.45. The van der Waals surface area contributed by atoms with Gasteiger partial charge in [0.25, 0.3) is 0 Å². The molecule has 0 aliphatic rings. The van der Waals surface area contributed by atoms with Crippen molar-refractivity contribution in [3.63, 3.8) is 0 Å². The Morgan fingerprint density at radius 1 is 1.12 bits per heavy atom. The zero-order chi connectivity index (χ0) is 13.5. The minimum Gasteiger partial charge on any atom is -0.388 e. The number of aliphatic imine (C=N–C) groups is 1. The van der Waals surface area contributed by atoms with E-state index in [1.807, 2.05) is 20.8 Å². The van der Waals surface area contributed by atoms with Crippen molar-refractivity contribution in [2.75, 3.05) is 13.1 Å². The molecule has 0 saturated carbocycles. The quantitative estimate of drug-likeness (QED) is 0.510. The highest BCUT2D eigenvalue weighted by atomic mass is 16.3. The first-order valence-corrected chi connectivity index (χ1v) is 6.55. The third-order valence-corrected chi connectivity index (χ3v) is 2.69. The van der Waals surface area contributed by atoms with E-state index in [0.29, 0.717) is 6.54 Å². The van der Waals surface area contributed by atoms with Crippen molar-refractivity contribution in [2.45, 2.75) is 65.5 Å². The predicted octanol–water partition coefficient (Wildman–Crippen LogP) is 1.89. The molecule has 0 aromatic heterocycles. The van der Waals surface area contributed by atoms with Crippen molar-refractivity contribution in [1.82, 2.24) is 10.6 Å². The van der Waals surface area contributed by atoms with Gasteiger partial charge in [0.1, 0.15) is 0 Å². The molecule has 0 spiro atoms. The first kappa shape index (κ1) is 16.2. The molecule has 0 aliphatic heterocycles. The fraction of sp³-hybridized carbons (Fsp3) is 0.923. The van der Waals surface area contributed by atoms with E-state index in [-0.39, 0.29) is 5.54 Å². The van der Waals surface area contributed by atoms with Crippen LogP contribution in [0.15, 0.2) is 4.99 Å². The summed E-state index contributed by atoms with van der Waals surface area (Å²) in [5, 5.41) is 16.7. The Hall–Kier alpha value is -0.770. The molecule has 0 radical (unpaired) electrons. The largest absolute Gasteiger partial charge is 0.388 e. The summed E-state index contributed by atoms with van der Waals surface area (Å²) in [5.74, 6) is 0.764. The molecule has 0 aromatic rings. The summed E-state index contributed by atoms with van der Waals surface area (Å²) in [6.45, 7) is 13.5. The highest BCUT2D eigenvalue weighted by molar-refractivity contribution is 5.80. The van der Waals surface area contributed by atoms with Gasteiger partial charge in [-0.1, -0.05) is 13.8 Å². The van der Waals surface area contributed by atoms with Gasteiger partial charge in [0, 0.05) is 12.1 Å². The summed E-state index contributed by atoms with van der Waals surface area (Å²) in [5.41, 5.74) is -0.711. The van der Waals surface area contributed by atoms with Crippen LogP contribution in [0.5, 0.6) is 0 Å². The molecule has 0 unspecified atom stereocenters. The average molecular weight is 243 g/mol. The van der Waals surface area contributed by atoms with Gasteiger partial charge in [0.15, 0.2) is 5.96 Å². The number of nitrogens with zero attached hydrogens (tertiary/aromatic N) is 1. The van der Waals surface area contributed by atoms with Crippen LogP contribution in [0.25, 0.3) is 0 Å². The summed E-state index contributed by atoms with van der Waals surface area (Å²) in [6, 6.07) is 0. The predicted molar refractivity (Wildman–Crippen MR) is 74.4 cm³/mol. The Balaban J connectivity index is 4.59. The van der Waals surface area contributed by atoms with Crippen LogP contribution in [0, 0.1) is 0 Å². The van der Waals surface area contributed by atoms with Crippen LogP contribution in [-0.2, 0) is 0 Å². The van der Waals surface area contributed by atoms with Crippen LogP contribution in [0.4, 0.5) is 0 Å². The number of hydrogen-bond acceptors (Lipinski definition) is 2. The van der Waals surface area contributed by atoms with Crippen molar-refractivity contribution in [3.8, 4) is 0 Å². The van der Waals surface area contributed by atoms with Gasteiger partial charge < -0.3 is 15.7 Å². The van der Waals surface area contributed by atoms with E-state index >= 15 is 0 Å². The maximum atomic E-state index is 10.2. The molecule has 0 heterocycles. The second-order valence-electron chi connectivity index (χ2n) is 5.50. The Bertz CT molecular complexity index is 240. The molecule has 0 aliphatic carbocycles. The van der Waals surface area contributed by atoms with E-state index in [0.717, 1.165) is 25.3 Å². The van der Waals surface area contributed by atoms with Crippen molar-refractivity contribution < 1.29 is 5.11 Å². The molecule has 17 heavy (non-hydrogen) atoms. The maximum Gasteiger partial charge on any atom is 0.191 e. The SMILES string of the molecule is CCNC(=NCC(O)(CC)CC)NC(C)(C)C. The zero-order valence-electron chi connectivity index (χ0n) is 12.2. The van der Waals surface area contributed by atoms with Crippen LogP contribution in [-0.4, -0.2) is 35.3 Å². The van der Waals surface area contributed by atoms with Gasteiger partial charge in [-0.15, -0.1) is 0 Å². The third kappa shape index (κ3) is 7.21.